The Morgan fingerprint density at radius 3 is 2.88 bits per heavy atom. The second kappa shape index (κ2) is 9.43. The number of aromatic nitrogens is 3. The average Bonchev–Trinajstić information content (AvgIpc) is 3.28. The van der Waals surface area contributed by atoms with E-state index in [1.54, 1.807) is 25.4 Å². The molecule has 7 heteroatoms. The van der Waals surface area contributed by atoms with Crippen LogP contribution in [0.25, 0.3) is 11.1 Å². The van der Waals surface area contributed by atoms with E-state index in [9.17, 15) is 5.11 Å². The summed E-state index contributed by atoms with van der Waals surface area (Å²) in [5.74, 6) is 6.63. The number of pyridine rings is 1. The molecule has 1 aromatic carbocycles. The van der Waals surface area contributed by atoms with E-state index in [-0.39, 0.29) is 0 Å². The van der Waals surface area contributed by atoms with Crippen molar-refractivity contribution in [1.82, 2.24) is 20.1 Å². The number of piperidine rings is 1. The molecule has 0 atom stereocenters. The zero-order valence-corrected chi connectivity index (χ0v) is 18.5. The van der Waals surface area contributed by atoms with Crippen LogP contribution in [0, 0.1) is 11.8 Å². The van der Waals surface area contributed by atoms with Crippen LogP contribution < -0.4 is 15.8 Å². The fraction of sp³-hybridized carbons (Fsp3) is 0.360. The van der Waals surface area contributed by atoms with Crippen molar-refractivity contribution >= 4 is 5.82 Å². The molecule has 166 valence electrons. The van der Waals surface area contributed by atoms with Crippen LogP contribution in [0.1, 0.15) is 43.9 Å². The molecule has 7 nitrogen and oxygen atoms in total. The van der Waals surface area contributed by atoms with Crippen LogP contribution in [0.4, 0.5) is 5.82 Å². The SMILES string of the molecule is [2H]N1CCC(n2cc(-c3cnc(N)c(OCc4cccc(C#CC(C)(C)O)c4)c3)cn2)CC1. The second-order valence-corrected chi connectivity index (χ2v) is 8.52. The lowest BCUT2D eigenvalue weighted by Gasteiger charge is -2.22. The molecule has 0 amide bonds. The number of benzene rings is 1. The summed E-state index contributed by atoms with van der Waals surface area (Å²) in [5, 5.41) is 15.9. The number of hydrogen-bond acceptors (Lipinski definition) is 6. The zero-order chi connectivity index (χ0) is 23.4. The van der Waals surface area contributed by atoms with Crippen LogP contribution in [0.5, 0.6) is 5.75 Å². The molecule has 3 aromatic rings. The number of aliphatic hydroxyl groups is 1. The Bertz CT molecular complexity index is 1170. The first-order chi connectivity index (χ1) is 15.8. The first-order valence-electron chi connectivity index (χ1n) is 11.2. The predicted octanol–water partition coefficient (Wildman–Crippen LogP) is 3.15. The first-order valence-corrected chi connectivity index (χ1v) is 10.8. The minimum atomic E-state index is -1.04. The standard InChI is InChI=1S/C25H29N5O2/c1-25(2,31)9-6-18-4-3-5-19(12-18)17-32-23-13-20(14-28-24(23)26)21-15-29-30(16-21)22-7-10-27-11-8-22/h3-5,12-16,22,27,31H,7-8,10-11,17H2,1-2H3,(H2,26,28)/i/hD. The summed E-state index contributed by atoms with van der Waals surface area (Å²) in [5.41, 5.74) is 8.60. The Labute approximate surface area is 190 Å². The van der Waals surface area contributed by atoms with Gasteiger partial charge in [-0.3, -0.25) is 4.68 Å². The minimum Gasteiger partial charge on any atom is -0.485 e. The summed E-state index contributed by atoms with van der Waals surface area (Å²) in [4.78, 5) is 4.31. The van der Waals surface area contributed by atoms with E-state index in [0.717, 1.165) is 48.2 Å². The van der Waals surface area contributed by atoms with Gasteiger partial charge in [-0.25, -0.2) is 4.98 Å². The lowest BCUT2D eigenvalue weighted by molar-refractivity contribution is 0.143. The van der Waals surface area contributed by atoms with Crippen LogP contribution in [0.15, 0.2) is 48.9 Å². The molecule has 1 aliphatic rings. The fourth-order valence-electron chi connectivity index (χ4n) is 3.54. The van der Waals surface area contributed by atoms with Gasteiger partial charge in [-0.15, -0.1) is 0 Å². The maximum Gasteiger partial charge on any atom is 0.166 e. The van der Waals surface area contributed by atoms with Crippen molar-refractivity contribution in [3.8, 4) is 28.7 Å². The van der Waals surface area contributed by atoms with Gasteiger partial charge in [0.05, 0.1) is 12.2 Å². The maximum absolute atomic E-state index is 9.80. The van der Waals surface area contributed by atoms with Crippen molar-refractivity contribution in [2.45, 2.75) is 44.9 Å². The highest BCUT2D eigenvalue weighted by Gasteiger charge is 2.16. The Morgan fingerprint density at radius 2 is 2.09 bits per heavy atom. The number of ether oxygens (including phenoxy) is 1. The molecule has 0 aliphatic carbocycles. The maximum atomic E-state index is 9.80. The van der Waals surface area contributed by atoms with E-state index >= 15 is 0 Å². The van der Waals surface area contributed by atoms with E-state index in [2.05, 4.69) is 21.9 Å². The Kier molecular flexibility index (Phi) is 6.06. The summed E-state index contributed by atoms with van der Waals surface area (Å²) in [6, 6.07) is 9.88. The molecule has 1 saturated heterocycles. The Morgan fingerprint density at radius 1 is 1.28 bits per heavy atom. The van der Waals surface area contributed by atoms with Gasteiger partial charge in [0, 0.05) is 29.1 Å². The molecule has 0 unspecified atom stereocenters. The van der Waals surface area contributed by atoms with Crippen molar-refractivity contribution in [1.29, 1.82) is 0 Å². The quantitative estimate of drug-likeness (QED) is 0.536. The number of rotatable bonds is 5. The number of nitrogens with two attached hydrogens (primary N) is 1. The van der Waals surface area contributed by atoms with Gasteiger partial charge in [-0.2, -0.15) is 5.10 Å². The monoisotopic (exact) mass is 432 g/mol. The molecular formula is C25H29N5O2. The molecule has 0 spiro atoms. The Hall–Kier alpha value is -3.34. The second-order valence-electron chi connectivity index (χ2n) is 8.52. The van der Waals surface area contributed by atoms with Crippen molar-refractivity contribution in [2.24, 2.45) is 0 Å². The van der Waals surface area contributed by atoms with E-state index in [1.165, 1.54) is 0 Å². The molecule has 1 aliphatic heterocycles. The molecular weight excluding hydrogens is 402 g/mol. The minimum absolute atomic E-state index is 0.310. The lowest BCUT2D eigenvalue weighted by atomic mass is 10.1. The predicted molar refractivity (Wildman–Crippen MR) is 125 cm³/mol. The lowest BCUT2D eigenvalue weighted by Crippen LogP contribution is -2.29. The van der Waals surface area contributed by atoms with Crippen molar-refractivity contribution < 1.29 is 11.3 Å². The summed E-state index contributed by atoms with van der Waals surface area (Å²) in [7, 11) is 0. The fourth-order valence-corrected chi connectivity index (χ4v) is 3.54. The third-order valence-electron chi connectivity index (χ3n) is 5.27. The van der Waals surface area contributed by atoms with Gasteiger partial charge >= 0.3 is 0 Å². The van der Waals surface area contributed by atoms with E-state index in [0.29, 0.717) is 24.2 Å². The number of nitrogens with one attached hydrogen (secondary N) is 1. The average molecular weight is 433 g/mol. The molecule has 3 heterocycles. The molecule has 32 heavy (non-hydrogen) atoms. The number of nitrogens with zero attached hydrogens (tertiary/aromatic N) is 3. The summed E-state index contributed by atoms with van der Waals surface area (Å²) in [6.45, 7) is 5.13. The van der Waals surface area contributed by atoms with Crippen LogP contribution >= 0.6 is 0 Å². The summed E-state index contributed by atoms with van der Waals surface area (Å²) in [6.07, 6.45) is 7.40. The highest BCUT2D eigenvalue weighted by molar-refractivity contribution is 5.65. The number of anilines is 1. The van der Waals surface area contributed by atoms with E-state index in [4.69, 9.17) is 11.9 Å². The highest BCUT2D eigenvalue weighted by Crippen LogP contribution is 2.29. The third kappa shape index (κ3) is 5.67. The molecule has 4 rings (SSSR count). The summed E-state index contributed by atoms with van der Waals surface area (Å²) >= 11 is 0. The first kappa shape index (κ1) is 20.6. The summed E-state index contributed by atoms with van der Waals surface area (Å²) < 4.78 is 15.7. The van der Waals surface area contributed by atoms with Gasteiger partial charge in [0.25, 0.3) is 0 Å². The van der Waals surface area contributed by atoms with Crippen molar-refractivity contribution in [2.75, 3.05) is 18.8 Å². The van der Waals surface area contributed by atoms with Crippen LogP contribution in [-0.4, -0.2) is 38.6 Å². The van der Waals surface area contributed by atoms with Crippen molar-refractivity contribution in [3.63, 3.8) is 0 Å². The molecule has 0 radical (unpaired) electrons. The van der Waals surface area contributed by atoms with Crippen molar-refractivity contribution in [3.05, 3.63) is 60.0 Å². The topological polar surface area (TPSA) is 98.2 Å². The third-order valence-corrected chi connectivity index (χ3v) is 5.27. The van der Waals surface area contributed by atoms with Gasteiger partial charge in [-0.1, -0.05) is 24.0 Å². The van der Waals surface area contributed by atoms with Crippen LogP contribution in [0.3, 0.4) is 0 Å². The van der Waals surface area contributed by atoms with Gasteiger partial charge in [-0.05, 0) is 63.5 Å². The molecule has 1 fully saturated rings. The highest BCUT2D eigenvalue weighted by atomic mass is 16.5. The molecule has 0 saturated carbocycles. The molecule has 4 N–H and O–H groups in total. The Balaban J connectivity index is 1.46. The smallest absolute Gasteiger partial charge is 0.166 e. The molecule has 0 bridgehead atoms. The molecule has 2 aromatic heterocycles. The van der Waals surface area contributed by atoms with E-state index in [1.807, 2.05) is 47.4 Å². The normalized spacial score (nSPS) is 15.7. The van der Waals surface area contributed by atoms with Gasteiger partial charge in [0.1, 0.15) is 13.6 Å². The number of nitrogen functional groups attached to an aromatic ring is 1. The van der Waals surface area contributed by atoms with Gasteiger partial charge in [0.15, 0.2) is 11.6 Å². The van der Waals surface area contributed by atoms with Gasteiger partial charge < -0.3 is 20.9 Å². The number of hydrogen-bond donors (Lipinski definition) is 3. The van der Waals surface area contributed by atoms with Crippen LogP contribution in [0.2, 0.25) is 1.41 Å². The largest absolute Gasteiger partial charge is 0.485 e. The zero-order valence-electron chi connectivity index (χ0n) is 19.5. The van der Waals surface area contributed by atoms with E-state index < -0.39 is 5.60 Å². The van der Waals surface area contributed by atoms with Crippen LogP contribution in [-0.2, 0) is 6.61 Å². The van der Waals surface area contributed by atoms with Gasteiger partial charge in [0.2, 0.25) is 0 Å².